The third-order valence-corrected chi connectivity index (χ3v) is 4.49. The highest BCUT2D eigenvalue weighted by Crippen LogP contribution is 2.35. The van der Waals surface area contributed by atoms with Crippen molar-refractivity contribution in [2.75, 3.05) is 7.11 Å². The van der Waals surface area contributed by atoms with E-state index < -0.39 is 11.7 Å². The molecule has 6 nitrogen and oxygen atoms in total. The summed E-state index contributed by atoms with van der Waals surface area (Å²) < 4.78 is 36.3. The molecule has 0 radical (unpaired) electrons. The molecule has 0 amide bonds. The Morgan fingerprint density at radius 2 is 1.75 bits per heavy atom. The molecule has 2 heterocycles. The van der Waals surface area contributed by atoms with Crippen LogP contribution in [-0.2, 0) is 12.5 Å². The molecule has 28 heavy (non-hydrogen) atoms. The van der Waals surface area contributed by atoms with Gasteiger partial charge < -0.3 is 4.74 Å². The molecule has 4 rings (SSSR count). The summed E-state index contributed by atoms with van der Waals surface area (Å²) >= 11 is 6.09. The molecule has 0 N–H and O–H groups in total. The number of fused-ring (bicyclic) bond motifs is 1. The molecular weight excluding hydrogens is 388 g/mol. The Morgan fingerprint density at radius 3 is 2.43 bits per heavy atom. The zero-order valence-corrected chi connectivity index (χ0v) is 15.4. The molecule has 0 saturated carbocycles. The zero-order chi connectivity index (χ0) is 19.7. The van der Waals surface area contributed by atoms with Gasteiger partial charge in [0.15, 0.2) is 16.3 Å². The number of rotatable bonds is 5. The maximum atomic E-state index is 14.9. The monoisotopic (exact) mass is 401 g/mol. The third-order valence-electron chi connectivity index (χ3n) is 4.23. The van der Waals surface area contributed by atoms with Gasteiger partial charge in [-0.2, -0.15) is 8.78 Å². The van der Waals surface area contributed by atoms with E-state index in [4.69, 9.17) is 16.3 Å². The number of aromatic nitrogens is 5. The van der Waals surface area contributed by atoms with Crippen molar-refractivity contribution in [2.24, 2.45) is 0 Å². The van der Waals surface area contributed by atoms with Crippen LogP contribution in [0.1, 0.15) is 17.0 Å². The van der Waals surface area contributed by atoms with Crippen LogP contribution >= 0.6 is 11.6 Å². The zero-order valence-electron chi connectivity index (χ0n) is 14.7. The molecule has 0 atom stereocenters. The number of alkyl halides is 2. The summed E-state index contributed by atoms with van der Waals surface area (Å²) in [4.78, 5) is 7.81. The van der Waals surface area contributed by atoms with Crippen molar-refractivity contribution in [2.45, 2.75) is 12.5 Å². The lowest BCUT2D eigenvalue weighted by Gasteiger charge is -2.15. The Labute approximate surface area is 163 Å². The first-order chi connectivity index (χ1) is 13.5. The molecule has 0 aliphatic carbocycles. The van der Waals surface area contributed by atoms with E-state index >= 15 is 0 Å². The number of nitrogens with zero attached hydrogens (tertiary/aromatic N) is 5. The minimum absolute atomic E-state index is 0.140. The number of hydrogen-bond donors (Lipinski definition) is 0. The molecule has 2 aromatic carbocycles. The largest absolute Gasteiger partial charge is 0.497 e. The second-order valence-corrected chi connectivity index (χ2v) is 6.40. The third kappa shape index (κ3) is 3.27. The van der Waals surface area contributed by atoms with Gasteiger partial charge in [0.1, 0.15) is 5.75 Å². The Morgan fingerprint density at radius 1 is 1.04 bits per heavy atom. The molecule has 142 valence electrons. The van der Waals surface area contributed by atoms with Crippen molar-refractivity contribution in [3.8, 4) is 5.75 Å². The molecule has 0 saturated heterocycles. The van der Waals surface area contributed by atoms with Crippen LogP contribution in [0.3, 0.4) is 0 Å². The fourth-order valence-corrected chi connectivity index (χ4v) is 2.95. The van der Waals surface area contributed by atoms with E-state index in [0.29, 0.717) is 5.75 Å². The van der Waals surface area contributed by atoms with Crippen LogP contribution in [0.2, 0.25) is 5.15 Å². The van der Waals surface area contributed by atoms with E-state index in [0.717, 1.165) is 5.56 Å². The van der Waals surface area contributed by atoms with Crippen molar-refractivity contribution in [3.05, 3.63) is 76.7 Å². The van der Waals surface area contributed by atoms with Gasteiger partial charge in [-0.05, 0) is 17.7 Å². The number of benzene rings is 2. The second-order valence-electron chi connectivity index (χ2n) is 6.05. The molecule has 0 bridgehead atoms. The topological polar surface area (TPSA) is 65.7 Å². The van der Waals surface area contributed by atoms with Crippen LogP contribution in [0, 0.1) is 0 Å². The van der Waals surface area contributed by atoms with E-state index in [1.807, 2.05) is 12.1 Å². The van der Waals surface area contributed by atoms with E-state index in [-0.39, 0.29) is 28.4 Å². The normalized spacial score (nSPS) is 11.7. The van der Waals surface area contributed by atoms with Gasteiger partial charge in [-0.25, -0.2) is 14.6 Å². The average molecular weight is 402 g/mol. The van der Waals surface area contributed by atoms with Crippen LogP contribution in [-0.4, -0.2) is 32.1 Å². The number of hydrogen-bond acceptors (Lipinski definition) is 5. The van der Waals surface area contributed by atoms with E-state index in [2.05, 4.69) is 20.3 Å². The number of halogens is 3. The molecule has 2 aromatic heterocycles. The van der Waals surface area contributed by atoms with Gasteiger partial charge in [0, 0.05) is 5.56 Å². The fraction of sp³-hybridized carbons (Fsp3) is 0.158. The Hall–Kier alpha value is -3.13. The van der Waals surface area contributed by atoms with Gasteiger partial charge in [0.25, 0.3) is 0 Å². The summed E-state index contributed by atoms with van der Waals surface area (Å²) in [7, 11) is 1.58. The van der Waals surface area contributed by atoms with Gasteiger partial charge in [-0.3, -0.25) is 0 Å². The van der Waals surface area contributed by atoms with Crippen LogP contribution in [0.4, 0.5) is 8.78 Å². The molecule has 0 spiro atoms. The lowest BCUT2D eigenvalue weighted by molar-refractivity contribution is 0.0331. The van der Waals surface area contributed by atoms with Gasteiger partial charge in [-0.1, -0.05) is 59.3 Å². The lowest BCUT2D eigenvalue weighted by Crippen LogP contribution is -2.20. The Kier molecular flexibility index (Phi) is 4.64. The van der Waals surface area contributed by atoms with E-state index in [1.165, 1.54) is 28.9 Å². The lowest BCUT2D eigenvalue weighted by atomic mass is 10.1. The predicted molar refractivity (Wildman–Crippen MR) is 99.7 cm³/mol. The highest BCUT2D eigenvalue weighted by Gasteiger charge is 2.38. The first-order valence-corrected chi connectivity index (χ1v) is 8.70. The smallest absolute Gasteiger partial charge is 0.331 e. The van der Waals surface area contributed by atoms with Crippen molar-refractivity contribution in [1.29, 1.82) is 0 Å². The van der Waals surface area contributed by atoms with Gasteiger partial charge >= 0.3 is 5.92 Å². The van der Waals surface area contributed by atoms with Gasteiger partial charge in [0.05, 0.1) is 13.7 Å². The second kappa shape index (κ2) is 7.12. The average Bonchev–Trinajstić information content (AvgIpc) is 3.12. The Bertz CT molecular complexity index is 1120. The summed E-state index contributed by atoms with van der Waals surface area (Å²) in [5.41, 5.74) is 0.961. The molecule has 9 heteroatoms. The fourth-order valence-electron chi connectivity index (χ4n) is 2.75. The number of methoxy groups -OCH3 is 1. The highest BCUT2D eigenvalue weighted by atomic mass is 35.5. The maximum absolute atomic E-state index is 14.9. The molecule has 0 fully saturated rings. The van der Waals surface area contributed by atoms with Crippen LogP contribution in [0.25, 0.3) is 11.2 Å². The summed E-state index contributed by atoms with van der Waals surface area (Å²) in [5, 5.41) is 7.75. The summed E-state index contributed by atoms with van der Waals surface area (Å²) in [6.45, 7) is 0.282. The van der Waals surface area contributed by atoms with Crippen LogP contribution in [0.15, 0.2) is 54.6 Å². The first kappa shape index (κ1) is 18.2. The SMILES string of the molecule is COc1ccc(Cn2nnc3c(Cl)nc(C(F)(F)c4ccccc4)nc32)cc1. The van der Waals surface area contributed by atoms with Crippen molar-refractivity contribution < 1.29 is 13.5 Å². The summed E-state index contributed by atoms with van der Waals surface area (Å²) in [5.74, 6) is -3.40. The first-order valence-electron chi connectivity index (χ1n) is 8.32. The summed E-state index contributed by atoms with van der Waals surface area (Å²) in [6.07, 6.45) is 0. The predicted octanol–water partition coefficient (Wildman–Crippen LogP) is 4.07. The van der Waals surface area contributed by atoms with Crippen molar-refractivity contribution in [3.63, 3.8) is 0 Å². The molecule has 4 aromatic rings. The van der Waals surface area contributed by atoms with Crippen molar-refractivity contribution >= 4 is 22.8 Å². The molecule has 0 aliphatic heterocycles. The van der Waals surface area contributed by atoms with Gasteiger partial charge in [-0.15, -0.1) is 5.10 Å². The highest BCUT2D eigenvalue weighted by molar-refractivity contribution is 6.33. The minimum atomic E-state index is -3.41. The summed E-state index contributed by atoms with van der Waals surface area (Å²) in [6, 6.07) is 14.6. The molecular formula is C19H14ClF2N5O. The Balaban J connectivity index is 1.76. The van der Waals surface area contributed by atoms with Crippen LogP contribution in [0.5, 0.6) is 5.75 Å². The van der Waals surface area contributed by atoms with Gasteiger partial charge in [0.2, 0.25) is 5.82 Å². The van der Waals surface area contributed by atoms with E-state index in [9.17, 15) is 8.78 Å². The minimum Gasteiger partial charge on any atom is -0.497 e. The van der Waals surface area contributed by atoms with E-state index in [1.54, 1.807) is 25.3 Å². The quantitative estimate of drug-likeness (QED) is 0.471. The maximum Gasteiger partial charge on any atom is 0.331 e. The van der Waals surface area contributed by atoms with Crippen molar-refractivity contribution in [1.82, 2.24) is 25.0 Å². The molecule has 0 unspecified atom stereocenters. The standard InChI is InChI=1S/C19H14ClF2N5O/c1-28-14-9-7-12(8-10-14)11-27-17-15(25-26-27)16(20)23-18(24-17)19(21,22)13-5-3-2-4-6-13/h2-10H,11H2,1H3. The van der Waals surface area contributed by atoms with Crippen LogP contribution < -0.4 is 4.74 Å². The molecule has 0 aliphatic rings. The number of ether oxygens (including phenoxy) is 1.